The number of carbonyl (C=O) groups is 1. The Labute approximate surface area is 145 Å². The van der Waals surface area contributed by atoms with E-state index >= 15 is 0 Å². The largest absolute Gasteiger partial charge is 0.337 e. The molecular formula is C19H22N2O2S. The molecule has 2 atom stereocenters. The molecule has 126 valence electrons. The van der Waals surface area contributed by atoms with Gasteiger partial charge in [-0.3, -0.25) is 4.21 Å². The van der Waals surface area contributed by atoms with Gasteiger partial charge in [-0.25, -0.2) is 4.79 Å². The summed E-state index contributed by atoms with van der Waals surface area (Å²) in [7, 11) is -1.09. The van der Waals surface area contributed by atoms with Crippen LogP contribution in [-0.2, 0) is 10.8 Å². The zero-order valence-electron chi connectivity index (χ0n) is 13.5. The second-order valence-corrected chi connectivity index (χ2v) is 7.56. The Morgan fingerprint density at radius 2 is 1.67 bits per heavy atom. The maximum Gasteiger partial charge on any atom is 0.315 e. The molecule has 4 nitrogen and oxygen atoms in total. The first-order valence-corrected chi connectivity index (χ1v) is 9.58. The first kappa shape index (κ1) is 16.7. The lowest BCUT2D eigenvalue weighted by Crippen LogP contribution is -2.40. The molecule has 24 heavy (non-hydrogen) atoms. The summed E-state index contributed by atoms with van der Waals surface area (Å²) in [6.07, 6.45) is 2.30. The molecule has 0 aromatic heterocycles. The highest BCUT2D eigenvalue weighted by Gasteiger charge is 2.33. The summed E-state index contributed by atoms with van der Waals surface area (Å²) in [6.45, 7) is 0.388. The van der Waals surface area contributed by atoms with Crippen molar-refractivity contribution in [1.82, 2.24) is 10.6 Å². The van der Waals surface area contributed by atoms with Crippen molar-refractivity contribution < 1.29 is 9.00 Å². The molecule has 0 bridgehead atoms. The van der Waals surface area contributed by atoms with E-state index < -0.39 is 10.8 Å². The molecular weight excluding hydrogens is 320 g/mol. The van der Waals surface area contributed by atoms with Gasteiger partial charge in [0.2, 0.25) is 0 Å². The molecule has 0 spiro atoms. The van der Waals surface area contributed by atoms with Crippen LogP contribution in [0.3, 0.4) is 0 Å². The molecule has 2 amide bonds. The fraction of sp³-hybridized carbons (Fsp3) is 0.316. The summed E-state index contributed by atoms with van der Waals surface area (Å²) in [5.74, 6) is 0.938. The molecule has 0 unspecified atom stereocenters. The van der Waals surface area contributed by atoms with E-state index in [0.717, 1.165) is 23.3 Å². The average molecular weight is 342 g/mol. The minimum Gasteiger partial charge on any atom is -0.337 e. The molecule has 1 aliphatic rings. The Bertz CT molecular complexity index is 687. The van der Waals surface area contributed by atoms with Crippen LogP contribution in [0.15, 0.2) is 65.6 Å². The summed E-state index contributed by atoms with van der Waals surface area (Å²) >= 11 is 0. The molecule has 1 aliphatic carbocycles. The van der Waals surface area contributed by atoms with Crippen LogP contribution in [0.25, 0.3) is 0 Å². The van der Waals surface area contributed by atoms with Gasteiger partial charge in [-0.05, 0) is 36.5 Å². The first-order valence-electron chi connectivity index (χ1n) is 8.27. The highest BCUT2D eigenvalue weighted by atomic mass is 32.2. The Balaban J connectivity index is 1.47. The van der Waals surface area contributed by atoms with E-state index in [2.05, 4.69) is 10.6 Å². The number of amides is 2. The third-order valence-corrected chi connectivity index (χ3v) is 5.49. The summed E-state index contributed by atoms with van der Waals surface area (Å²) < 4.78 is 12.1. The molecule has 1 saturated carbocycles. The van der Waals surface area contributed by atoms with E-state index in [4.69, 9.17) is 0 Å². The Morgan fingerprint density at radius 3 is 2.29 bits per heavy atom. The predicted molar refractivity (Wildman–Crippen MR) is 96.2 cm³/mol. The SMILES string of the molecule is O=C(NCC[S@@](=O)c1ccccc1)N[C@@H](c1ccccc1)C1CC1. The lowest BCUT2D eigenvalue weighted by molar-refractivity contribution is 0.236. The molecule has 0 saturated heterocycles. The van der Waals surface area contributed by atoms with E-state index in [9.17, 15) is 9.00 Å². The number of urea groups is 1. The van der Waals surface area contributed by atoms with E-state index in [1.54, 1.807) is 0 Å². The van der Waals surface area contributed by atoms with E-state index in [-0.39, 0.29) is 12.1 Å². The Kier molecular flexibility index (Phi) is 5.64. The molecule has 1 fully saturated rings. The third kappa shape index (κ3) is 4.68. The Morgan fingerprint density at radius 1 is 1.04 bits per heavy atom. The van der Waals surface area contributed by atoms with Gasteiger partial charge in [0.25, 0.3) is 0 Å². The van der Waals surface area contributed by atoms with Crippen LogP contribution in [0.4, 0.5) is 4.79 Å². The molecule has 0 radical (unpaired) electrons. The molecule has 2 N–H and O–H groups in total. The van der Waals surface area contributed by atoms with Gasteiger partial charge in [0, 0.05) is 17.2 Å². The number of carbonyl (C=O) groups excluding carboxylic acids is 1. The standard InChI is InChI=1S/C19H22N2O2S/c22-19(20-13-14-24(23)17-9-5-2-6-10-17)21-18(16-11-12-16)15-7-3-1-4-8-15/h1-10,16,18H,11-14H2,(H2,20,21,22)/t18-,24+/m0/s1. The van der Waals surface area contributed by atoms with Crippen molar-refractivity contribution in [2.24, 2.45) is 5.92 Å². The van der Waals surface area contributed by atoms with Gasteiger partial charge in [0.05, 0.1) is 16.8 Å². The monoisotopic (exact) mass is 342 g/mol. The lowest BCUT2D eigenvalue weighted by atomic mass is 10.0. The van der Waals surface area contributed by atoms with Crippen molar-refractivity contribution in [3.63, 3.8) is 0 Å². The molecule has 2 aromatic carbocycles. The van der Waals surface area contributed by atoms with Gasteiger partial charge in [0.15, 0.2) is 0 Å². The summed E-state index contributed by atoms with van der Waals surface area (Å²) in [4.78, 5) is 12.9. The zero-order chi connectivity index (χ0) is 16.8. The summed E-state index contributed by atoms with van der Waals surface area (Å²) in [5.41, 5.74) is 1.14. The average Bonchev–Trinajstić information content (AvgIpc) is 3.46. The number of hydrogen-bond acceptors (Lipinski definition) is 2. The van der Waals surface area contributed by atoms with Crippen LogP contribution < -0.4 is 10.6 Å². The number of nitrogens with one attached hydrogen (secondary N) is 2. The van der Waals surface area contributed by atoms with Crippen molar-refractivity contribution in [2.75, 3.05) is 12.3 Å². The zero-order valence-corrected chi connectivity index (χ0v) is 14.3. The fourth-order valence-corrected chi connectivity index (χ4v) is 3.69. The molecule has 0 aliphatic heterocycles. The van der Waals surface area contributed by atoms with E-state index in [1.807, 2.05) is 60.7 Å². The quantitative estimate of drug-likeness (QED) is 0.811. The van der Waals surface area contributed by atoms with Crippen molar-refractivity contribution in [1.29, 1.82) is 0 Å². The highest BCUT2D eigenvalue weighted by molar-refractivity contribution is 7.85. The molecule has 3 rings (SSSR count). The van der Waals surface area contributed by atoms with Gasteiger partial charge >= 0.3 is 6.03 Å². The van der Waals surface area contributed by atoms with Crippen molar-refractivity contribution in [3.8, 4) is 0 Å². The van der Waals surface area contributed by atoms with Crippen LogP contribution in [0.5, 0.6) is 0 Å². The predicted octanol–water partition coefficient (Wildman–Crippen LogP) is 3.24. The molecule has 5 heteroatoms. The van der Waals surface area contributed by atoms with E-state index in [0.29, 0.717) is 18.2 Å². The van der Waals surface area contributed by atoms with Crippen LogP contribution in [0.1, 0.15) is 24.4 Å². The van der Waals surface area contributed by atoms with Gasteiger partial charge in [-0.1, -0.05) is 48.5 Å². The van der Waals surface area contributed by atoms with Crippen LogP contribution in [0.2, 0.25) is 0 Å². The minimum absolute atomic E-state index is 0.0609. The highest BCUT2D eigenvalue weighted by Crippen LogP contribution is 2.40. The third-order valence-electron chi connectivity index (χ3n) is 4.12. The lowest BCUT2D eigenvalue weighted by Gasteiger charge is -2.19. The van der Waals surface area contributed by atoms with Gasteiger partial charge in [-0.15, -0.1) is 0 Å². The van der Waals surface area contributed by atoms with Gasteiger partial charge in [-0.2, -0.15) is 0 Å². The number of benzene rings is 2. The smallest absolute Gasteiger partial charge is 0.315 e. The van der Waals surface area contributed by atoms with Crippen molar-refractivity contribution >= 4 is 16.8 Å². The maximum atomic E-state index is 12.2. The maximum absolute atomic E-state index is 12.2. The normalized spacial score (nSPS) is 16.2. The van der Waals surface area contributed by atoms with E-state index in [1.165, 1.54) is 0 Å². The summed E-state index contributed by atoms with van der Waals surface area (Å²) in [5, 5.41) is 5.88. The summed E-state index contributed by atoms with van der Waals surface area (Å²) in [6, 6.07) is 19.2. The Hall–Kier alpha value is -2.14. The van der Waals surface area contributed by atoms with Crippen LogP contribution >= 0.6 is 0 Å². The van der Waals surface area contributed by atoms with Crippen LogP contribution in [-0.4, -0.2) is 22.5 Å². The minimum atomic E-state index is -1.09. The molecule has 0 heterocycles. The van der Waals surface area contributed by atoms with Crippen molar-refractivity contribution in [2.45, 2.75) is 23.8 Å². The number of hydrogen-bond donors (Lipinski definition) is 2. The van der Waals surface area contributed by atoms with Gasteiger partial charge in [0.1, 0.15) is 0 Å². The second-order valence-electron chi connectivity index (χ2n) is 5.99. The van der Waals surface area contributed by atoms with Crippen molar-refractivity contribution in [3.05, 3.63) is 66.2 Å². The molecule has 2 aromatic rings. The first-order chi connectivity index (χ1) is 11.7. The number of rotatable bonds is 7. The topological polar surface area (TPSA) is 58.2 Å². The van der Waals surface area contributed by atoms with Gasteiger partial charge < -0.3 is 10.6 Å². The van der Waals surface area contributed by atoms with Crippen LogP contribution in [0, 0.1) is 5.92 Å². The fourth-order valence-electron chi connectivity index (χ4n) is 2.70. The second kappa shape index (κ2) is 8.11.